The Hall–Kier alpha value is -3.25. The second kappa shape index (κ2) is 9.49. The number of rotatable bonds is 4. The maximum absolute atomic E-state index is 12.2. The first-order valence-electron chi connectivity index (χ1n) is 10.0. The van der Waals surface area contributed by atoms with Gasteiger partial charge in [-0.05, 0) is 41.5 Å². The van der Waals surface area contributed by atoms with E-state index in [-0.39, 0.29) is 26.6 Å². The van der Waals surface area contributed by atoms with E-state index in [1.54, 1.807) is 41.5 Å². The second-order valence-corrected chi connectivity index (χ2v) is 9.21. The first-order valence-corrected chi connectivity index (χ1v) is 10.0. The molecule has 0 bridgehead atoms. The third kappa shape index (κ3) is 6.89. The van der Waals surface area contributed by atoms with E-state index >= 15 is 0 Å². The van der Waals surface area contributed by atoms with Crippen molar-refractivity contribution < 1.29 is 42.9 Å². The van der Waals surface area contributed by atoms with E-state index in [4.69, 9.17) is 18.9 Å². The van der Waals surface area contributed by atoms with Crippen molar-refractivity contribution in [2.75, 3.05) is 26.6 Å². The molecule has 0 spiro atoms. The summed E-state index contributed by atoms with van der Waals surface area (Å²) in [6.07, 6.45) is -1.51. The largest absolute Gasteiger partial charge is 0.444 e. The van der Waals surface area contributed by atoms with Gasteiger partial charge >= 0.3 is 30.2 Å². The highest BCUT2D eigenvalue weighted by molar-refractivity contribution is 5.86. The lowest BCUT2D eigenvalue weighted by Crippen LogP contribution is -2.52. The topological polar surface area (TPSA) is 153 Å². The maximum Gasteiger partial charge on any atom is 0.413 e. The van der Waals surface area contributed by atoms with Crippen LogP contribution in [-0.4, -0.2) is 89.8 Å². The molecule has 2 aliphatic rings. The fourth-order valence-electron chi connectivity index (χ4n) is 2.72. The molecule has 0 aromatic heterocycles. The van der Waals surface area contributed by atoms with E-state index in [1.807, 2.05) is 0 Å². The fraction of sp³-hybridized carbons (Fsp3) is 0.737. The predicted molar refractivity (Wildman–Crippen MR) is 107 cm³/mol. The number of hydrogen-bond acceptors (Lipinski definition) is 9. The molecule has 2 aliphatic heterocycles. The molecule has 2 rings (SSSR count). The monoisotopic (exact) mass is 458 g/mol. The van der Waals surface area contributed by atoms with Crippen molar-refractivity contribution in [1.82, 2.24) is 20.4 Å². The van der Waals surface area contributed by atoms with Gasteiger partial charge in [0.1, 0.15) is 11.2 Å². The Balaban J connectivity index is 1.87. The lowest BCUT2D eigenvalue weighted by Gasteiger charge is -2.26. The standard InChI is InChI=1S/C19H30N4O9/c1-18(2,3)31-16(27)22-9-29-13(24)11(22)7-20-15(26)21-8-12-14(25)30-10-23(12)17(28)32-19(4,5)6/h11-12H,7-10H2,1-6H3,(H2,20,21,26)/t11-,12-/m0/s1. The van der Waals surface area contributed by atoms with Crippen LogP contribution in [0.2, 0.25) is 0 Å². The van der Waals surface area contributed by atoms with Gasteiger partial charge in [-0.25, -0.2) is 24.0 Å². The summed E-state index contributed by atoms with van der Waals surface area (Å²) in [5.41, 5.74) is -1.54. The van der Waals surface area contributed by atoms with Gasteiger partial charge in [0.25, 0.3) is 0 Å². The number of ether oxygens (including phenoxy) is 4. The van der Waals surface area contributed by atoms with Crippen molar-refractivity contribution in [2.45, 2.75) is 64.8 Å². The summed E-state index contributed by atoms with van der Waals surface area (Å²) < 4.78 is 20.2. The van der Waals surface area contributed by atoms with Gasteiger partial charge < -0.3 is 29.6 Å². The molecule has 2 N–H and O–H groups in total. The smallest absolute Gasteiger partial charge is 0.413 e. The normalized spacial score (nSPS) is 21.1. The third-order valence-corrected chi connectivity index (χ3v) is 4.16. The highest BCUT2D eigenvalue weighted by atomic mass is 16.6. The Morgan fingerprint density at radius 3 is 1.47 bits per heavy atom. The fourth-order valence-corrected chi connectivity index (χ4v) is 2.72. The number of cyclic esters (lactones) is 2. The summed E-state index contributed by atoms with van der Waals surface area (Å²) in [4.78, 5) is 62.7. The number of carbonyl (C=O) groups excluding carboxylic acids is 5. The quantitative estimate of drug-likeness (QED) is 0.453. The van der Waals surface area contributed by atoms with Crippen LogP contribution in [0.25, 0.3) is 0 Å². The number of esters is 2. The average molecular weight is 458 g/mol. The van der Waals surface area contributed by atoms with Crippen molar-refractivity contribution in [2.24, 2.45) is 0 Å². The minimum absolute atomic E-state index is 0.241. The minimum Gasteiger partial charge on any atom is -0.444 e. The van der Waals surface area contributed by atoms with Gasteiger partial charge in [0, 0.05) is 0 Å². The molecule has 32 heavy (non-hydrogen) atoms. The van der Waals surface area contributed by atoms with Crippen LogP contribution >= 0.6 is 0 Å². The molecule has 2 fully saturated rings. The number of carbonyl (C=O) groups is 5. The van der Waals surface area contributed by atoms with Crippen LogP contribution in [0.15, 0.2) is 0 Å². The van der Waals surface area contributed by atoms with E-state index in [9.17, 15) is 24.0 Å². The van der Waals surface area contributed by atoms with Crippen LogP contribution in [-0.2, 0) is 28.5 Å². The van der Waals surface area contributed by atoms with Gasteiger partial charge in [0.15, 0.2) is 25.5 Å². The van der Waals surface area contributed by atoms with Crippen LogP contribution in [0.5, 0.6) is 0 Å². The van der Waals surface area contributed by atoms with Gasteiger partial charge in [-0.15, -0.1) is 0 Å². The average Bonchev–Trinajstić information content (AvgIpc) is 3.18. The predicted octanol–water partition coefficient (Wildman–Crippen LogP) is 0.526. The zero-order chi connectivity index (χ0) is 24.3. The molecule has 13 nitrogen and oxygen atoms in total. The molecule has 0 aromatic rings. The molecule has 4 amide bonds. The molecule has 2 saturated heterocycles. The lowest BCUT2D eigenvalue weighted by atomic mass is 10.2. The molecule has 2 heterocycles. The van der Waals surface area contributed by atoms with Crippen LogP contribution in [0.3, 0.4) is 0 Å². The second-order valence-electron chi connectivity index (χ2n) is 9.21. The molecule has 0 radical (unpaired) electrons. The Bertz CT molecular complexity index is 710. The first-order chi connectivity index (χ1) is 14.7. The molecule has 13 heteroatoms. The van der Waals surface area contributed by atoms with Crippen molar-refractivity contribution in [1.29, 1.82) is 0 Å². The van der Waals surface area contributed by atoms with Gasteiger partial charge in [0.2, 0.25) is 0 Å². The Morgan fingerprint density at radius 2 is 1.16 bits per heavy atom. The zero-order valence-corrected chi connectivity index (χ0v) is 19.1. The Labute approximate surface area is 185 Å². The van der Waals surface area contributed by atoms with Gasteiger partial charge in [-0.1, -0.05) is 0 Å². The van der Waals surface area contributed by atoms with Crippen molar-refractivity contribution >= 4 is 30.2 Å². The Kier molecular flexibility index (Phi) is 7.42. The van der Waals surface area contributed by atoms with Crippen LogP contribution < -0.4 is 10.6 Å². The summed E-state index contributed by atoms with van der Waals surface area (Å²) in [7, 11) is 0. The number of urea groups is 1. The maximum atomic E-state index is 12.2. The zero-order valence-electron chi connectivity index (χ0n) is 19.1. The highest BCUT2D eigenvalue weighted by Crippen LogP contribution is 2.18. The SMILES string of the molecule is CC(C)(C)OC(=O)N1COC(=O)[C@@H]1CNC(=O)NC[C@H]1C(=O)OCN1C(=O)OC(C)(C)C. The van der Waals surface area contributed by atoms with E-state index in [1.165, 1.54) is 0 Å². The number of hydrogen-bond donors (Lipinski definition) is 2. The first kappa shape index (κ1) is 25.0. The lowest BCUT2D eigenvalue weighted by molar-refractivity contribution is -0.139. The molecule has 0 unspecified atom stereocenters. The van der Waals surface area contributed by atoms with Crippen LogP contribution in [0.4, 0.5) is 14.4 Å². The highest BCUT2D eigenvalue weighted by Gasteiger charge is 2.41. The van der Waals surface area contributed by atoms with Crippen LogP contribution in [0.1, 0.15) is 41.5 Å². The molecule has 180 valence electrons. The molecule has 0 aliphatic carbocycles. The molecule has 2 atom stereocenters. The molecule has 0 aromatic carbocycles. The summed E-state index contributed by atoms with van der Waals surface area (Å²) in [6.45, 7) is 9.01. The van der Waals surface area contributed by atoms with E-state index in [0.717, 1.165) is 9.80 Å². The van der Waals surface area contributed by atoms with Crippen LogP contribution in [0, 0.1) is 0 Å². The van der Waals surface area contributed by atoms with E-state index in [0.29, 0.717) is 0 Å². The number of nitrogens with zero attached hydrogens (tertiary/aromatic N) is 2. The van der Waals surface area contributed by atoms with Crippen molar-refractivity contribution in [3.63, 3.8) is 0 Å². The summed E-state index contributed by atoms with van der Waals surface area (Å²) >= 11 is 0. The van der Waals surface area contributed by atoms with Gasteiger partial charge in [-0.3, -0.25) is 9.80 Å². The van der Waals surface area contributed by atoms with Gasteiger partial charge in [0.05, 0.1) is 13.1 Å². The van der Waals surface area contributed by atoms with Gasteiger partial charge in [-0.2, -0.15) is 0 Å². The van der Waals surface area contributed by atoms with E-state index in [2.05, 4.69) is 10.6 Å². The number of nitrogens with one attached hydrogen (secondary N) is 2. The summed E-state index contributed by atoms with van der Waals surface area (Å²) in [5.74, 6) is -1.38. The minimum atomic E-state index is -1.06. The molecule has 0 saturated carbocycles. The number of amides is 4. The summed E-state index contributed by atoms with van der Waals surface area (Å²) in [5, 5.41) is 4.87. The van der Waals surface area contributed by atoms with Crippen molar-refractivity contribution in [3.05, 3.63) is 0 Å². The summed E-state index contributed by atoms with van der Waals surface area (Å²) in [6, 6.07) is -2.85. The molecular formula is C19H30N4O9. The Morgan fingerprint density at radius 1 is 0.812 bits per heavy atom. The molecular weight excluding hydrogens is 428 g/mol. The van der Waals surface area contributed by atoms with E-state index < -0.39 is 53.4 Å². The third-order valence-electron chi connectivity index (χ3n) is 4.16. The van der Waals surface area contributed by atoms with Crippen molar-refractivity contribution in [3.8, 4) is 0 Å².